The van der Waals surface area contributed by atoms with Crippen molar-refractivity contribution in [3.63, 3.8) is 0 Å². The van der Waals surface area contributed by atoms with Crippen LogP contribution in [0.2, 0.25) is 0 Å². The summed E-state index contributed by atoms with van der Waals surface area (Å²) >= 11 is 0. The topological polar surface area (TPSA) is 122 Å². The van der Waals surface area contributed by atoms with Crippen molar-refractivity contribution in [1.82, 2.24) is 0 Å². The Bertz CT molecular complexity index is 890. The zero-order valence-corrected chi connectivity index (χ0v) is 14.2. The molecule has 2 atom stereocenters. The monoisotopic (exact) mass is 380 g/mol. The van der Waals surface area contributed by atoms with Crippen LogP contribution in [0.25, 0.3) is 0 Å². The lowest BCUT2D eigenvalue weighted by Crippen LogP contribution is -2.15. The van der Waals surface area contributed by atoms with E-state index < -0.39 is 28.2 Å². The molecule has 0 radical (unpaired) electrons. The Morgan fingerprint density at radius 3 is 1.36 bits per heavy atom. The zero-order valence-electron chi connectivity index (χ0n) is 14.2. The number of rotatable bonds is 6. The van der Waals surface area contributed by atoms with Gasteiger partial charge in [-0.05, 0) is 24.3 Å². The summed E-state index contributed by atoms with van der Waals surface area (Å²) in [5.41, 5.74) is 0.371. The maximum absolute atomic E-state index is 12.0. The number of nitrogens with zero attached hydrogens (tertiary/aromatic N) is 2. The van der Waals surface area contributed by atoms with Crippen molar-refractivity contribution in [3.05, 3.63) is 79.9 Å². The molecule has 2 aromatic carbocycles. The quantitative estimate of drug-likeness (QED) is 0.324. The van der Waals surface area contributed by atoms with Gasteiger partial charge < -0.3 is 9.47 Å². The predicted octanol–water partition coefficient (Wildman–Crippen LogP) is 3.71. The Morgan fingerprint density at radius 2 is 1.11 bits per heavy atom. The van der Waals surface area contributed by atoms with Crippen LogP contribution >= 0.6 is 0 Å². The summed E-state index contributed by atoms with van der Waals surface area (Å²) in [5.74, 6) is 4.46. The van der Waals surface area contributed by atoms with Gasteiger partial charge in [-0.25, -0.2) is 4.79 Å². The molecule has 9 heteroatoms. The molecule has 0 bridgehead atoms. The second-order valence-electron chi connectivity index (χ2n) is 5.28. The molecule has 9 nitrogen and oxygen atoms in total. The number of benzene rings is 2. The van der Waals surface area contributed by atoms with Gasteiger partial charge in [-0.2, -0.15) is 0 Å². The summed E-state index contributed by atoms with van der Waals surface area (Å²) in [6, 6.07) is 10.3. The van der Waals surface area contributed by atoms with E-state index in [0.29, 0.717) is 11.1 Å². The average Bonchev–Trinajstić information content (AvgIpc) is 2.70. The van der Waals surface area contributed by atoms with Crippen LogP contribution in [-0.4, -0.2) is 16.0 Å². The van der Waals surface area contributed by atoms with Crippen LogP contribution in [0.3, 0.4) is 0 Å². The van der Waals surface area contributed by atoms with Gasteiger partial charge in [0.1, 0.15) is 0 Å². The average molecular weight is 380 g/mol. The second-order valence-corrected chi connectivity index (χ2v) is 5.28. The SMILES string of the molecule is C#CC(OC(=O)OC(C#C)c1ccc([N+](=O)[O-])cc1)c1ccc([N+](=O)[O-])cc1. The lowest BCUT2D eigenvalue weighted by molar-refractivity contribution is -0.385. The minimum atomic E-state index is -1.16. The van der Waals surface area contributed by atoms with Gasteiger partial charge in [0, 0.05) is 35.4 Å². The highest BCUT2D eigenvalue weighted by molar-refractivity contribution is 5.62. The van der Waals surface area contributed by atoms with Crippen LogP contribution in [0.1, 0.15) is 23.3 Å². The number of ether oxygens (including phenoxy) is 2. The van der Waals surface area contributed by atoms with E-state index in [4.69, 9.17) is 22.3 Å². The predicted molar refractivity (Wildman–Crippen MR) is 96.9 cm³/mol. The van der Waals surface area contributed by atoms with E-state index in [1.807, 2.05) is 0 Å². The van der Waals surface area contributed by atoms with Crippen LogP contribution in [0.5, 0.6) is 0 Å². The summed E-state index contributed by atoms with van der Waals surface area (Å²) in [6.45, 7) is 0. The van der Waals surface area contributed by atoms with Crippen LogP contribution in [0, 0.1) is 44.9 Å². The summed E-state index contributed by atoms with van der Waals surface area (Å²) in [5, 5.41) is 21.4. The van der Waals surface area contributed by atoms with Gasteiger partial charge >= 0.3 is 6.16 Å². The molecule has 2 aromatic rings. The van der Waals surface area contributed by atoms with Gasteiger partial charge in [0.2, 0.25) is 0 Å². The van der Waals surface area contributed by atoms with Crippen molar-refractivity contribution in [3.8, 4) is 24.7 Å². The van der Waals surface area contributed by atoms with E-state index >= 15 is 0 Å². The fourth-order valence-electron chi connectivity index (χ4n) is 2.16. The summed E-state index contributed by atoms with van der Waals surface area (Å²) in [4.78, 5) is 32.2. The Balaban J connectivity index is 2.07. The van der Waals surface area contributed by atoms with Crippen LogP contribution in [-0.2, 0) is 9.47 Å². The second kappa shape index (κ2) is 8.83. The number of non-ortho nitro benzene ring substituents is 2. The largest absolute Gasteiger partial charge is 0.511 e. The van der Waals surface area contributed by atoms with E-state index in [9.17, 15) is 25.0 Å². The highest BCUT2D eigenvalue weighted by Crippen LogP contribution is 2.24. The molecular weight excluding hydrogens is 368 g/mol. The third-order valence-corrected chi connectivity index (χ3v) is 3.54. The zero-order chi connectivity index (χ0) is 20.7. The van der Waals surface area contributed by atoms with Crippen molar-refractivity contribution in [2.45, 2.75) is 12.2 Å². The maximum atomic E-state index is 12.0. The summed E-state index contributed by atoms with van der Waals surface area (Å²) < 4.78 is 10.1. The number of carbonyl (C=O) groups is 1. The molecule has 0 aliphatic rings. The molecule has 0 amide bonds. The van der Waals surface area contributed by atoms with Gasteiger partial charge in [-0.1, -0.05) is 11.8 Å². The minimum absolute atomic E-state index is 0.146. The van der Waals surface area contributed by atoms with E-state index in [1.54, 1.807) is 0 Å². The standard InChI is InChI=1S/C19H12N2O7/c1-3-17(13-5-9-15(10-6-13)20(23)24)27-19(22)28-18(4-2)14-7-11-16(12-8-14)21(25)26/h1-2,5-12,17-18H. The van der Waals surface area contributed by atoms with E-state index in [0.717, 1.165) is 0 Å². The van der Waals surface area contributed by atoms with Gasteiger partial charge in [0.15, 0.2) is 12.2 Å². The van der Waals surface area contributed by atoms with Gasteiger partial charge in [0.05, 0.1) is 9.85 Å². The Kier molecular flexibility index (Phi) is 6.29. The lowest BCUT2D eigenvalue weighted by Gasteiger charge is -2.16. The molecule has 2 unspecified atom stereocenters. The molecule has 0 N–H and O–H groups in total. The van der Waals surface area contributed by atoms with Gasteiger partial charge in [-0.3, -0.25) is 20.2 Å². The van der Waals surface area contributed by atoms with E-state index in [2.05, 4.69) is 11.8 Å². The van der Waals surface area contributed by atoms with Crippen LogP contribution < -0.4 is 0 Å². The number of hydrogen-bond donors (Lipinski definition) is 0. The molecule has 140 valence electrons. The van der Waals surface area contributed by atoms with Crippen molar-refractivity contribution >= 4 is 17.5 Å². The molecule has 0 fully saturated rings. The minimum Gasteiger partial charge on any atom is -0.413 e. The number of nitro groups is 2. The molecule has 0 saturated heterocycles. The number of nitro benzene ring substituents is 2. The number of terminal acetylenes is 2. The summed E-state index contributed by atoms with van der Waals surface area (Å²) in [7, 11) is 0. The third-order valence-electron chi connectivity index (χ3n) is 3.54. The molecule has 0 aliphatic carbocycles. The molecule has 0 spiro atoms. The van der Waals surface area contributed by atoms with Crippen molar-refractivity contribution in [1.29, 1.82) is 0 Å². The smallest absolute Gasteiger partial charge is 0.413 e. The first-order valence-corrected chi connectivity index (χ1v) is 7.64. The molecule has 0 aliphatic heterocycles. The summed E-state index contributed by atoms with van der Waals surface area (Å²) in [6.07, 6.45) is 7.24. The Hall–Kier alpha value is -4.37. The normalized spacial score (nSPS) is 11.9. The molecule has 28 heavy (non-hydrogen) atoms. The molecule has 2 rings (SSSR count). The fourth-order valence-corrected chi connectivity index (χ4v) is 2.16. The van der Waals surface area contributed by atoms with Gasteiger partial charge in [-0.15, -0.1) is 12.8 Å². The Morgan fingerprint density at radius 1 is 0.786 bits per heavy atom. The third kappa shape index (κ3) is 4.84. The van der Waals surface area contributed by atoms with Gasteiger partial charge in [0.25, 0.3) is 11.4 Å². The Labute approximate surface area is 159 Å². The first-order valence-electron chi connectivity index (χ1n) is 7.64. The maximum Gasteiger partial charge on any atom is 0.511 e. The highest BCUT2D eigenvalue weighted by Gasteiger charge is 2.21. The first-order chi connectivity index (χ1) is 13.3. The first kappa shape index (κ1) is 19.9. The highest BCUT2D eigenvalue weighted by atomic mass is 16.7. The van der Waals surface area contributed by atoms with Crippen molar-refractivity contribution in [2.75, 3.05) is 0 Å². The lowest BCUT2D eigenvalue weighted by atomic mass is 10.1. The van der Waals surface area contributed by atoms with Crippen LogP contribution in [0.15, 0.2) is 48.5 Å². The molecule has 0 saturated carbocycles. The molecule has 0 aromatic heterocycles. The van der Waals surface area contributed by atoms with Crippen molar-refractivity contribution in [2.24, 2.45) is 0 Å². The number of carbonyl (C=O) groups excluding carboxylic acids is 1. The molecular formula is C19H12N2O7. The van der Waals surface area contributed by atoms with E-state index in [1.165, 1.54) is 48.5 Å². The number of hydrogen-bond acceptors (Lipinski definition) is 7. The molecule has 0 heterocycles. The van der Waals surface area contributed by atoms with E-state index in [-0.39, 0.29) is 11.4 Å². The fraction of sp³-hybridized carbons (Fsp3) is 0.105. The van der Waals surface area contributed by atoms with Crippen molar-refractivity contribution < 1.29 is 24.1 Å². The van der Waals surface area contributed by atoms with Crippen LogP contribution in [0.4, 0.5) is 16.2 Å².